The van der Waals surface area contributed by atoms with Gasteiger partial charge in [0.25, 0.3) is 0 Å². The summed E-state index contributed by atoms with van der Waals surface area (Å²) in [6.45, 7) is 0.643. The predicted molar refractivity (Wildman–Crippen MR) is 110 cm³/mol. The zero-order chi connectivity index (χ0) is 20.8. The summed E-state index contributed by atoms with van der Waals surface area (Å²) in [6, 6.07) is 9.85. The number of amides is 1. The summed E-state index contributed by atoms with van der Waals surface area (Å²) in [7, 11) is 0. The molecule has 2 aromatic rings. The quantitative estimate of drug-likeness (QED) is 0.612. The van der Waals surface area contributed by atoms with Crippen molar-refractivity contribution in [2.45, 2.75) is 57.1 Å². The van der Waals surface area contributed by atoms with Crippen LogP contribution >= 0.6 is 11.3 Å². The number of nitrogens with zero attached hydrogens (tertiary/aromatic N) is 1. The number of hydrogen-bond acceptors (Lipinski definition) is 4. The van der Waals surface area contributed by atoms with Gasteiger partial charge in [-0.25, -0.2) is 9.18 Å². The van der Waals surface area contributed by atoms with E-state index in [1.54, 1.807) is 18.2 Å². The van der Waals surface area contributed by atoms with Gasteiger partial charge >= 0.3 is 5.97 Å². The Morgan fingerprint density at radius 1 is 1.31 bits per heavy atom. The van der Waals surface area contributed by atoms with Gasteiger partial charge in [0.2, 0.25) is 5.91 Å². The largest absolute Gasteiger partial charge is 0.477 e. The second-order valence-corrected chi connectivity index (χ2v) is 8.69. The minimum atomic E-state index is -0.909. The van der Waals surface area contributed by atoms with Gasteiger partial charge < -0.3 is 15.1 Å². The monoisotopic (exact) mass is 419 g/mol. The van der Waals surface area contributed by atoms with Crippen molar-refractivity contribution in [1.82, 2.24) is 4.90 Å². The molecule has 0 saturated carbocycles. The summed E-state index contributed by atoms with van der Waals surface area (Å²) in [5.74, 6) is -1.07. The summed E-state index contributed by atoms with van der Waals surface area (Å²) in [4.78, 5) is 26.5. The first-order chi connectivity index (χ1) is 13.9. The number of aryl methyl sites for hydroxylation is 1. The molecule has 0 spiro atoms. The highest BCUT2D eigenvalue weighted by Gasteiger charge is 2.30. The number of halogens is 1. The number of aliphatic hydroxyl groups excluding tert-OH is 1. The Hall–Kier alpha value is -2.25. The van der Waals surface area contributed by atoms with Crippen molar-refractivity contribution in [2.75, 3.05) is 6.54 Å². The molecule has 2 N–H and O–H groups in total. The lowest BCUT2D eigenvalue weighted by Crippen LogP contribution is -2.34. The topological polar surface area (TPSA) is 77.8 Å². The number of carboxylic acid groups (broad SMARTS) is 1. The molecule has 2 atom stereocenters. The lowest BCUT2D eigenvalue weighted by Gasteiger charge is -2.25. The minimum absolute atomic E-state index is 0.127. The van der Waals surface area contributed by atoms with Crippen LogP contribution in [0, 0.1) is 5.82 Å². The molecule has 3 rings (SSSR count). The number of carbonyl (C=O) groups excluding carboxylic acids is 1. The molecule has 7 heteroatoms. The van der Waals surface area contributed by atoms with Crippen LogP contribution in [0.1, 0.15) is 52.2 Å². The molecule has 1 aliphatic heterocycles. The Balaban J connectivity index is 1.44. The molecule has 1 aromatic carbocycles. The van der Waals surface area contributed by atoms with E-state index in [0.29, 0.717) is 30.7 Å². The molecule has 5 nitrogen and oxygen atoms in total. The van der Waals surface area contributed by atoms with E-state index >= 15 is 0 Å². The third-order valence-corrected chi connectivity index (χ3v) is 6.47. The number of hydrogen-bond donors (Lipinski definition) is 2. The molecule has 0 bridgehead atoms. The van der Waals surface area contributed by atoms with Gasteiger partial charge in [0, 0.05) is 23.9 Å². The zero-order valence-corrected chi connectivity index (χ0v) is 17.0. The molecule has 2 heterocycles. The molecule has 29 heavy (non-hydrogen) atoms. The SMILES string of the molecule is O=C(O)c1ccc(CCCN2C(=O)CCC2CC[C@H](O)Cc2cccc(F)c2)s1. The van der Waals surface area contributed by atoms with E-state index in [1.807, 2.05) is 11.0 Å². The highest BCUT2D eigenvalue weighted by atomic mass is 32.1. The molecule has 1 aliphatic rings. The number of carboxylic acids is 1. The second-order valence-electron chi connectivity index (χ2n) is 7.52. The van der Waals surface area contributed by atoms with Crippen LogP contribution < -0.4 is 0 Å². The molecule has 1 aromatic heterocycles. The number of thiophene rings is 1. The Kier molecular flexibility index (Phi) is 7.39. The number of aromatic carboxylic acids is 1. The van der Waals surface area contributed by atoms with Crippen LogP contribution in [0.5, 0.6) is 0 Å². The number of aliphatic hydroxyl groups is 1. The van der Waals surface area contributed by atoms with Crippen LogP contribution in [0.3, 0.4) is 0 Å². The van der Waals surface area contributed by atoms with Gasteiger partial charge in [0.05, 0.1) is 6.10 Å². The Bertz CT molecular complexity index is 853. The highest BCUT2D eigenvalue weighted by Crippen LogP contribution is 2.25. The van der Waals surface area contributed by atoms with Gasteiger partial charge in [-0.15, -0.1) is 11.3 Å². The van der Waals surface area contributed by atoms with Crippen molar-refractivity contribution >= 4 is 23.2 Å². The van der Waals surface area contributed by atoms with Crippen molar-refractivity contribution < 1.29 is 24.2 Å². The molecular weight excluding hydrogens is 393 g/mol. The Morgan fingerprint density at radius 2 is 2.14 bits per heavy atom. The average Bonchev–Trinajstić information content (AvgIpc) is 3.28. The maximum Gasteiger partial charge on any atom is 0.345 e. The van der Waals surface area contributed by atoms with Crippen molar-refractivity contribution in [3.63, 3.8) is 0 Å². The molecule has 156 valence electrons. The van der Waals surface area contributed by atoms with Crippen LogP contribution in [0.15, 0.2) is 36.4 Å². The molecule has 0 radical (unpaired) electrons. The third kappa shape index (κ3) is 6.11. The maximum absolute atomic E-state index is 13.3. The number of likely N-dealkylation sites (tertiary alicyclic amines) is 1. The first-order valence-electron chi connectivity index (χ1n) is 9.96. The van der Waals surface area contributed by atoms with Crippen molar-refractivity contribution in [1.29, 1.82) is 0 Å². The second kappa shape index (κ2) is 9.98. The van der Waals surface area contributed by atoms with E-state index in [4.69, 9.17) is 5.11 Å². The molecular formula is C22H26FNO4S. The molecule has 0 aliphatic carbocycles. The fourth-order valence-corrected chi connectivity index (χ4v) is 4.76. The molecule has 1 fully saturated rings. The number of carbonyl (C=O) groups is 2. The van der Waals surface area contributed by atoms with Crippen LogP contribution in [0.25, 0.3) is 0 Å². The van der Waals surface area contributed by atoms with E-state index in [-0.39, 0.29) is 17.8 Å². The minimum Gasteiger partial charge on any atom is -0.477 e. The maximum atomic E-state index is 13.3. The standard InChI is InChI=1S/C22H26FNO4S/c23-16-4-1-3-15(13-16)14-18(25)8-6-17-7-11-21(26)24(17)12-2-5-19-9-10-20(29-19)22(27)28/h1,3-4,9-10,13,17-18,25H,2,5-8,11-12,14H2,(H,27,28)/t17?,18-/m0/s1. The molecule has 1 unspecified atom stereocenters. The van der Waals surface area contributed by atoms with Crippen LogP contribution in [-0.4, -0.2) is 45.7 Å². The Labute approximate surface area is 173 Å². The van der Waals surface area contributed by atoms with E-state index in [1.165, 1.54) is 23.5 Å². The number of rotatable bonds is 10. The van der Waals surface area contributed by atoms with Crippen LogP contribution in [-0.2, 0) is 17.6 Å². The van der Waals surface area contributed by atoms with Crippen molar-refractivity contribution in [3.8, 4) is 0 Å². The van der Waals surface area contributed by atoms with Crippen molar-refractivity contribution in [3.05, 3.63) is 57.5 Å². The molecule has 1 saturated heterocycles. The van der Waals surface area contributed by atoms with Gasteiger partial charge in [-0.3, -0.25) is 4.79 Å². The summed E-state index contributed by atoms with van der Waals surface area (Å²) >= 11 is 1.28. The zero-order valence-electron chi connectivity index (χ0n) is 16.2. The normalized spacial score (nSPS) is 17.7. The third-order valence-electron chi connectivity index (χ3n) is 5.34. The summed E-state index contributed by atoms with van der Waals surface area (Å²) in [6.07, 6.45) is 4.00. The lowest BCUT2D eigenvalue weighted by molar-refractivity contribution is -0.129. The van der Waals surface area contributed by atoms with E-state index in [2.05, 4.69) is 0 Å². The van der Waals surface area contributed by atoms with Crippen molar-refractivity contribution in [2.24, 2.45) is 0 Å². The van der Waals surface area contributed by atoms with Crippen LogP contribution in [0.4, 0.5) is 4.39 Å². The van der Waals surface area contributed by atoms with Gasteiger partial charge in [-0.2, -0.15) is 0 Å². The predicted octanol–water partition coefficient (Wildman–Crippen LogP) is 3.89. The van der Waals surface area contributed by atoms with Gasteiger partial charge in [-0.1, -0.05) is 12.1 Å². The smallest absolute Gasteiger partial charge is 0.345 e. The van der Waals surface area contributed by atoms with Crippen LogP contribution in [0.2, 0.25) is 0 Å². The lowest BCUT2D eigenvalue weighted by atomic mass is 10.0. The van der Waals surface area contributed by atoms with E-state index < -0.39 is 12.1 Å². The molecule has 1 amide bonds. The van der Waals surface area contributed by atoms with Gasteiger partial charge in [0.15, 0.2) is 0 Å². The van der Waals surface area contributed by atoms with Gasteiger partial charge in [-0.05, 0) is 68.4 Å². The fraction of sp³-hybridized carbons (Fsp3) is 0.455. The average molecular weight is 420 g/mol. The summed E-state index contributed by atoms with van der Waals surface area (Å²) in [5, 5.41) is 19.3. The Morgan fingerprint density at radius 3 is 2.86 bits per heavy atom. The summed E-state index contributed by atoms with van der Waals surface area (Å²) in [5.41, 5.74) is 0.772. The van der Waals surface area contributed by atoms with Gasteiger partial charge in [0.1, 0.15) is 10.7 Å². The first kappa shape index (κ1) is 21.5. The fourth-order valence-electron chi connectivity index (χ4n) is 3.87. The first-order valence-corrected chi connectivity index (χ1v) is 10.8. The van der Waals surface area contributed by atoms with E-state index in [9.17, 15) is 19.1 Å². The number of benzene rings is 1. The summed E-state index contributed by atoms with van der Waals surface area (Å²) < 4.78 is 13.3. The van der Waals surface area contributed by atoms with E-state index in [0.717, 1.165) is 36.1 Å². The highest BCUT2D eigenvalue weighted by molar-refractivity contribution is 7.13.